The maximum atomic E-state index is 10.6. The number of nitrogens with one attached hydrogen (secondary N) is 1. The van der Waals surface area contributed by atoms with Crippen LogP contribution in [0.5, 0.6) is 0 Å². The highest BCUT2D eigenvalue weighted by Crippen LogP contribution is 1.90. The first-order valence-corrected chi connectivity index (χ1v) is 2.43. The van der Waals surface area contributed by atoms with Crippen LogP contribution in [0.1, 0.15) is 0 Å². The van der Waals surface area contributed by atoms with Crippen LogP contribution >= 0.6 is 0 Å². The summed E-state index contributed by atoms with van der Waals surface area (Å²) in [5.74, 6) is -0.752. The van der Waals surface area contributed by atoms with Crippen molar-refractivity contribution >= 4 is 11.8 Å². The minimum Gasteiger partial charge on any atom is -0.754 e. The quantitative estimate of drug-likeness (QED) is 0.131. The lowest BCUT2D eigenvalue weighted by Crippen LogP contribution is -2.35. The van der Waals surface area contributed by atoms with E-state index in [9.17, 15) is 5.21 Å². The molecule has 56 valence electrons. The summed E-state index contributed by atoms with van der Waals surface area (Å²) in [5.41, 5.74) is 5.01. The molecular formula is C3H6N4O3. The summed E-state index contributed by atoms with van der Waals surface area (Å²) in [6, 6.07) is 0. The van der Waals surface area contributed by atoms with Gasteiger partial charge in [-0.3, -0.25) is 5.32 Å². The number of aliphatic hydroxyl groups is 1. The molecule has 0 spiro atoms. The Kier molecular flexibility index (Phi) is 1.34. The Morgan fingerprint density at radius 3 is 2.60 bits per heavy atom. The summed E-state index contributed by atoms with van der Waals surface area (Å²) >= 11 is 0. The molecule has 0 saturated heterocycles. The number of hydroxylamine groups is 1. The van der Waals surface area contributed by atoms with Gasteiger partial charge in [0.1, 0.15) is 0 Å². The molecule has 0 aromatic carbocycles. The van der Waals surface area contributed by atoms with Crippen LogP contribution in [0.3, 0.4) is 0 Å². The first kappa shape index (κ1) is 6.62. The Morgan fingerprint density at radius 2 is 2.40 bits per heavy atom. The maximum absolute atomic E-state index is 10.6. The monoisotopic (exact) mass is 146 g/mol. The molecule has 1 rings (SSSR count). The van der Waals surface area contributed by atoms with E-state index in [0.29, 0.717) is 0 Å². The highest BCUT2D eigenvalue weighted by Gasteiger charge is 2.28. The summed E-state index contributed by atoms with van der Waals surface area (Å²) in [6.45, 7) is 0. The van der Waals surface area contributed by atoms with Crippen LogP contribution in [0, 0.1) is 5.21 Å². The molecule has 0 radical (unpaired) electrons. The Labute approximate surface area is 55.6 Å². The molecule has 0 aromatic heterocycles. The number of nitrogens with zero attached hydrogens (tertiary/aromatic N) is 2. The van der Waals surface area contributed by atoms with E-state index in [4.69, 9.17) is 16.0 Å². The zero-order valence-corrected chi connectivity index (χ0v) is 4.85. The smallest absolute Gasteiger partial charge is 0.387 e. The van der Waals surface area contributed by atoms with Crippen molar-refractivity contribution in [2.45, 2.75) is 6.23 Å². The van der Waals surface area contributed by atoms with E-state index in [-0.39, 0.29) is 10.6 Å². The second kappa shape index (κ2) is 2.03. The molecule has 0 aliphatic carbocycles. The molecule has 10 heavy (non-hydrogen) atoms. The van der Waals surface area contributed by atoms with Gasteiger partial charge >= 0.3 is 5.96 Å². The van der Waals surface area contributed by atoms with E-state index in [1.54, 1.807) is 0 Å². The molecule has 1 unspecified atom stereocenters. The van der Waals surface area contributed by atoms with Gasteiger partial charge in [-0.05, 0) is 0 Å². The fraction of sp³-hybridized carbons (Fsp3) is 0.333. The van der Waals surface area contributed by atoms with Gasteiger partial charge in [-0.2, -0.15) is 0 Å². The van der Waals surface area contributed by atoms with Crippen molar-refractivity contribution in [2.75, 3.05) is 0 Å². The molecule has 0 amide bonds. The molecule has 1 atom stereocenters. The van der Waals surface area contributed by atoms with Crippen molar-refractivity contribution in [1.82, 2.24) is 5.32 Å². The Hall–Kier alpha value is -1.50. The van der Waals surface area contributed by atoms with Crippen molar-refractivity contribution in [3.8, 4) is 0 Å². The highest BCUT2D eigenvalue weighted by molar-refractivity contribution is 5.93. The van der Waals surface area contributed by atoms with E-state index >= 15 is 0 Å². The van der Waals surface area contributed by atoms with Gasteiger partial charge in [0.2, 0.25) is 12.1 Å². The Balaban J connectivity index is 2.94. The number of rotatable bonds is 0. The molecule has 0 aromatic rings. The first-order valence-electron chi connectivity index (χ1n) is 2.43. The lowest BCUT2D eigenvalue weighted by molar-refractivity contribution is -0.327. The largest absolute Gasteiger partial charge is 0.754 e. The number of aliphatic hydroxyl groups excluding tert-OH is 1. The average molecular weight is 146 g/mol. The summed E-state index contributed by atoms with van der Waals surface area (Å²) in [4.78, 5) is 0. The van der Waals surface area contributed by atoms with Gasteiger partial charge in [0.15, 0.2) is 0 Å². The summed E-state index contributed by atoms with van der Waals surface area (Å²) in [6.07, 6.45) is -1.26. The molecular weight excluding hydrogens is 140 g/mol. The molecule has 0 bridgehead atoms. The summed E-state index contributed by atoms with van der Waals surface area (Å²) < 4.78 is 0.102. The third-order valence-corrected chi connectivity index (χ3v) is 1.07. The minimum absolute atomic E-state index is 0.102. The number of guanidine groups is 1. The van der Waals surface area contributed by atoms with Crippen LogP contribution in [-0.2, 0) is 0 Å². The van der Waals surface area contributed by atoms with E-state index in [0.717, 1.165) is 0 Å². The van der Waals surface area contributed by atoms with E-state index in [1.165, 1.54) is 0 Å². The number of oxime groups is 1. The zero-order chi connectivity index (χ0) is 7.72. The maximum Gasteiger partial charge on any atom is 0.387 e. The highest BCUT2D eigenvalue weighted by atomic mass is 16.5. The van der Waals surface area contributed by atoms with Gasteiger partial charge in [0.05, 0.1) is 5.16 Å². The number of nitrogens with two attached hydrogens (primary N) is 1. The molecule has 5 N–H and O–H groups in total. The standard InChI is InChI=1S/C3H6N4O3/c4-1-2(8)5-3(6-9)7(1)10/h2,8-9H,4H2,(H,5,6). The van der Waals surface area contributed by atoms with Crippen LogP contribution in [0.4, 0.5) is 0 Å². The number of hydrogen-bond acceptors (Lipinski definition) is 5. The van der Waals surface area contributed by atoms with Gasteiger partial charge in [-0.25, -0.2) is 4.74 Å². The van der Waals surface area contributed by atoms with Gasteiger partial charge in [-0.1, -0.05) is 0 Å². The van der Waals surface area contributed by atoms with Gasteiger partial charge < -0.3 is 21.3 Å². The third kappa shape index (κ3) is 0.722. The lowest BCUT2D eigenvalue weighted by atomic mass is 10.5. The minimum atomic E-state index is -1.26. The van der Waals surface area contributed by atoms with Gasteiger partial charge in [-0.15, -0.1) is 0 Å². The Morgan fingerprint density at radius 1 is 1.80 bits per heavy atom. The van der Waals surface area contributed by atoms with E-state index in [1.807, 2.05) is 0 Å². The van der Waals surface area contributed by atoms with E-state index < -0.39 is 12.2 Å². The molecule has 7 nitrogen and oxygen atoms in total. The fourth-order valence-electron chi connectivity index (χ4n) is 0.558. The van der Waals surface area contributed by atoms with Crippen molar-refractivity contribution in [2.24, 2.45) is 10.9 Å². The predicted octanol–water partition coefficient (Wildman–Crippen LogP) is -2.48. The molecule has 0 saturated carbocycles. The normalized spacial score (nSPS) is 29.3. The van der Waals surface area contributed by atoms with Crippen LogP contribution in [-0.4, -0.2) is 33.1 Å². The molecule has 1 aliphatic rings. The van der Waals surface area contributed by atoms with Crippen molar-refractivity contribution in [1.29, 1.82) is 0 Å². The van der Waals surface area contributed by atoms with Crippen LogP contribution < -0.4 is 11.1 Å². The second-order valence-electron chi connectivity index (χ2n) is 1.69. The lowest BCUT2D eigenvalue weighted by Gasteiger charge is -2.01. The van der Waals surface area contributed by atoms with Crippen LogP contribution in [0.25, 0.3) is 0 Å². The number of amidine groups is 1. The van der Waals surface area contributed by atoms with Gasteiger partial charge in [0.25, 0.3) is 0 Å². The van der Waals surface area contributed by atoms with Crippen molar-refractivity contribution in [3.63, 3.8) is 0 Å². The molecule has 1 aliphatic heterocycles. The summed E-state index contributed by atoms with van der Waals surface area (Å²) in [7, 11) is 0. The second-order valence-corrected chi connectivity index (χ2v) is 1.69. The topological polar surface area (TPSA) is 117 Å². The SMILES string of the molecule is NC1=[N+]([O-])/C(=N\O)NC1O. The molecule has 0 fully saturated rings. The fourth-order valence-corrected chi connectivity index (χ4v) is 0.558. The van der Waals surface area contributed by atoms with Crippen LogP contribution in [0.2, 0.25) is 0 Å². The third-order valence-electron chi connectivity index (χ3n) is 1.07. The van der Waals surface area contributed by atoms with E-state index in [2.05, 4.69) is 10.5 Å². The first-order chi connectivity index (χ1) is 4.66. The molecule has 1 heterocycles. The summed E-state index contributed by atoms with van der Waals surface area (Å²) in [5, 5.41) is 32.1. The number of hydrogen-bond donors (Lipinski definition) is 4. The zero-order valence-electron chi connectivity index (χ0n) is 4.85. The molecule has 7 heteroatoms. The Bertz CT molecular complexity index is 210. The van der Waals surface area contributed by atoms with Crippen LogP contribution in [0.15, 0.2) is 5.16 Å². The predicted molar refractivity (Wildman–Crippen MR) is 31.2 cm³/mol. The average Bonchev–Trinajstić information content (AvgIpc) is 2.17. The van der Waals surface area contributed by atoms with Crippen molar-refractivity contribution < 1.29 is 15.1 Å². The van der Waals surface area contributed by atoms with Gasteiger partial charge in [0, 0.05) is 0 Å². The van der Waals surface area contributed by atoms with Crippen molar-refractivity contribution in [3.05, 3.63) is 5.21 Å².